The lowest BCUT2D eigenvalue weighted by Crippen LogP contribution is -2.28. The lowest BCUT2D eigenvalue weighted by molar-refractivity contribution is -0.136. The zero-order valence-corrected chi connectivity index (χ0v) is 29.8. The van der Waals surface area contributed by atoms with Crippen molar-refractivity contribution in [1.82, 2.24) is 0 Å². The van der Waals surface area contributed by atoms with Gasteiger partial charge in [-0.1, -0.05) is 36.4 Å². The highest BCUT2D eigenvalue weighted by molar-refractivity contribution is 5.73. The Morgan fingerprint density at radius 2 is 0.741 bits per heavy atom. The SMILES string of the molecule is COc1ccc(C(O)(c2ccc(OCCCC(=O)Oc3c(F)c(F)c(F)c(F)c3F)cc2)c2ccc(OCCCC(=O)Oc3c(F)c(F)c(F)c(F)c3F)cc2)cc1. The van der Waals surface area contributed by atoms with Gasteiger partial charge in [0, 0.05) is 12.8 Å². The summed E-state index contributed by atoms with van der Waals surface area (Å²) >= 11 is 0. The van der Waals surface area contributed by atoms with Crippen molar-refractivity contribution in [3.8, 4) is 28.7 Å². The third kappa shape index (κ3) is 9.12. The van der Waals surface area contributed by atoms with Crippen molar-refractivity contribution >= 4 is 11.9 Å². The summed E-state index contributed by atoms with van der Waals surface area (Å²) < 4.78 is 161. The molecule has 0 amide bonds. The minimum atomic E-state index is -2.40. The van der Waals surface area contributed by atoms with Gasteiger partial charge in [0.15, 0.2) is 0 Å². The zero-order chi connectivity index (χ0) is 42.3. The molecule has 306 valence electrons. The van der Waals surface area contributed by atoms with E-state index in [2.05, 4.69) is 9.47 Å². The van der Waals surface area contributed by atoms with E-state index in [4.69, 9.17) is 14.2 Å². The van der Waals surface area contributed by atoms with Crippen molar-refractivity contribution in [2.75, 3.05) is 20.3 Å². The first-order valence-corrected chi connectivity index (χ1v) is 16.9. The van der Waals surface area contributed by atoms with Gasteiger partial charge in [-0.2, -0.15) is 17.6 Å². The van der Waals surface area contributed by atoms with Gasteiger partial charge in [-0.3, -0.25) is 9.59 Å². The number of aliphatic hydroxyl groups is 1. The number of benzene rings is 5. The second-order valence-electron chi connectivity index (χ2n) is 12.1. The van der Waals surface area contributed by atoms with E-state index < -0.39 is 100 Å². The fourth-order valence-corrected chi connectivity index (χ4v) is 5.41. The zero-order valence-electron chi connectivity index (χ0n) is 29.8. The average Bonchev–Trinajstić information content (AvgIpc) is 3.24. The molecule has 0 atom stereocenters. The van der Waals surface area contributed by atoms with Crippen LogP contribution in [0.1, 0.15) is 42.4 Å². The number of esters is 2. The summed E-state index contributed by atoms with van der Waals surface area (Å²) in [5.74, 6) is -28.0. The number of carbonyl (C=O) groups excluding carboxylic acids is 2. The second kappa shape index (κ2) is 18.3. The highest BCUT2D eigenvalue weighted by atomic mass is 19.2. The van der Waals surface area contributed by atoms with Crippen LogP contribution < -0.4 is 23.7 Å². The Morgan fingerprint density at radius 3 is 1.03 bits per heavy atom. The van der Waals surface area contributed by atoms with E-state index in [-0.39, 0.29) is 37.6 Å². The Labute approximate surface area is 322 Å². The third-order valence-electron chi connectivity index (χ3n) is 8.41. The maximum absolute atomic E-state index is 13.8. The van der Waals surface area contributed by atoms with Crippen molar-refractivity contribution < 1.29 is 82.3 Å². The first-order valence-electron chi connectivity index (χ1n) is 16.9. The minimum absolute atomic E-state index is 0.0807. The van der Waals surface area contributed by atoms with Gasteiger partial charge in [-0.25, -0.2) is 26.3 Å². The van der Waals surface area contributed by atoms with Gasteiger partial charge >= 0.3 is 11.9 Å². The van der Waals surface area contributed by atoms with Crippen LogP contribution in [-0.4, -0.2) is 37.4 Å². The maximum atomic E-state index is 13.8. The summed E-state index contributed by atoms with van der Waals surface area (Å²) in [6, 6.07) is 18.7. The summed E-state index contributed by atoms with van der Waals surface area (Å²) in [5.41, 5.74) is -0.658. The summed E-state index contributed by atoms with van der Waals surface area (Å²) in [6.07, 6.45) is -1.18. The van der Waals surface area contributed by atoms with Crippen LogP contribution in [0.4, 0.5) is 43.9 Å². The van der Waals surface area contributed by atoms with Crippen molar-refractivity contribution in [1.29, 1.82) is 0 Å². The van der Waals surface area contributed by atoms with E-state index in [1.54, 1.807) is 48.5 Å². The highest BCUT2D eigenvalue weighted by Gasteiger charge is 2.34. The monoisotopic (exact) mass is 826 g/mol. The van der Waals surface area contributed by atoms with Crippen LogP contribution in [0.15, 0.2) is 72.8 Å². The van der Waals surface area contributed by atoms with E-state index in [9.17, 15) is 58.6 Å². The molecule has 0 unspecified atom stereocenters. The Hall–Kier alpha value is -6.30. The predicted octanol–water partition coefficient (Wildman–Crippen LogP) is 8.90. The van der Waals surface area contributed by atoms with Crippen molar-refractivity contribution in [3.63, 3.8) is 0 Å². The molecule has 0 heterocycles. The van der Waals surface area contributed by atoms with Crippen LogP contribution >= 0.6 is 0 Å². The molecule has 5 aromatic rings. The number of halogens is 10. The molecular weight excluding hydrogens is 798 g/mol. The van der Waals surface area contributed by atoms with Gasteiger partial charge in [0.2, 0.25) is 69.7 Å². The predicted molar refractivity (Wildman–Crippen MR) is 181 cm³/mol. The Kier molecular flexibility index (Phi) is 13.5. The van der Waals surface area contributed by atoms with Crippen molar-refractivity contribution in [2.24, 2.45) is 0 Å². The van der Waals surface area contributed by atoms with Gasteiger partial charge in [-0.15, -0.1) is 0 Å². The Bertz CT molecular complexity index is 2090. The molecule has 5 rings (SSSR count). The van der Waals surface area contributed by atoms with Crippen LogP contribution in [0.25, 0.3) is 0 Å². The number of carbonyl (C=O) groups is 2. The van der Waals surface area contributed by atoms with E-state index in [1.807, 2.05) is 0 Å². The standard InChI is InChI=1S/C40H28F10O8/c1-54-23-12-6-20(7-13-23)40(53,21-8-14-24(15-9-21)55-18-2-4-26(51)57-38-34(47)30(43)28(41)31(44)35(38)48)22-10-16-25(17-11-22)56-19-3-5-27(52)58-39-36(49)32(45)29(42)33(46)37(39)50/h6-17,53H,2-5,18-19H2,1H3. The molecule has 0 aliphatic carbocycles. The molecule has 5 aromatic carbocycles. The highest BCUT2D eigenvalue weighted by Crippen LogP contribution is 2.39. The molecule has 58 heavy (non-hydrogen) atoms. The van der Waals surface area contributed by atoms with Gasteiger partial charge in [0.1, 0.15) is 22.8 Å². The van der Waals surface area contributed by atoms with Gasteiger partial charge in [0.25, 0.3) is 0 Å². The van der Waals surface area contributed by atoms with Crippen LogP contribution in [-0.2, 0) is 15.2 Å². The van der Waals surface area contributed by atoms with Crippen LogP contribution in [0.2, 0.25) is 0 Å². The van der Waals surface area contributed by atoms with Crippen LogP contribution in [0, 0.1) is 58.2 Å². The van der Waals surface area contributed by atoms with E-state index in [0.717, 1.165) is 0 Å². The number of rotatable bonds is 16. The Morgan fingerprint density at radius 1 is 0.466 bits per heavy atom. The number of methoxy groups -OCH3 is 1. The molecular formula is C40H28F10O8. The molecule has 18 heteroatoms. The molecule has 8 nitrogen and oxygen atoms in total. The smallest absolute Gasteiger partial charge is 0.311 e. The maximum Gasteiger partial charge on any atom is 0.311 e. The fourth-order valence-electron chi connectivity index (χ4n) is 5.41. The molecule has 0 saturated heterocycles. The van der Waals surface area contributed by atoms with E-state index in [1.165, 1.54) is 31.4 Å². The lowest BCUT2D eigenvalue weighted by atomic mass is 9.80. The molecule has 0 bridgehead atoms. The molecule has 0 saturated carbocycles. The molecule has 0 aliphatic rings. The second-order valence-corrected chi connectivity index (χ2v) is 12.1. The van der Waals surface area contributed by atoms with Gasteiger partial charge in [0.05, 0.1) is 20.3 Å². The van der Waals surface area contributed by atoms with Gasteiger partial charge < -0.3 is 28.8 Å². The molecule has 0 fully saturated rings. The first kappa shape index (κ1) is 42.8. The molecule has 0 aliphatic heterocycles. The number of hydrogen-bond donors (Lipinski definition) is 1. The fraction of sp³-hybridized carbons (Fsp3) is 0.200. The Balaban J connectivity index is 1.20. The minimum Gasteiger partial charge on any atom is -0.497 e. The molecule has 0 spiro atoms. The van der Waals surface area contributed by atoms with E-state index >= 15 is 0 Å². The summed E-state index contributed by atoms with van der Waals surface area (Å²) in [7, 11) is 1.46. The van der Waals surface area contributed by atoms with Gasteiger partial charge in [-0.05, 0) is 65.9 Å². The average molecular weight is 827 g/mol. The summed E-state index contributed by atoms with van der Waals surface area (Å²) in [6.45, 7) is -0.273. The third-order valence-corrected chi connectivity index (χ3v) is 8.41. The molecule has 1 N–H and O–H groups in total. The number of ether oxygens (including phenoxy) is 5. The number of hydrogen-bond acceptors (Lipinski definition) is 8. The topological polar surface area (TPSA) is 101 Å². The normalized spacial score (nSPS) is 11.3. The van der Waals surface area contributed by atoms with E-state index in [0.29, 0.717) is 22.4 Å². The lowest BCUT2D eigenvalue weighted by Gasteiger charge is -2.30. The van der Waals surface area contributed by atoms with Crippen molar-refractivity contribution in [2.45, 2.75) is 31.3 Å². The summed E-state index contributed by atoms with van der Waals surface area (Å²) in [4.78, 5) is 24.1. The van der Waals surface area contributed by atoms with Crippen LogP contribution in [0.3, 0.4) is 0 Å². The summed E-state index contributed by atoms with van der Waals surface area (Å²) in [5, 5.41) is 12.3. The van der Waals surface area contributed by atoms with Crippen molar-refractivity contribution in [3.05, 3.63) is 148 Å². The quantitative estimate of drug-likeness (QED) is 0.0200. The van der Waals surface area contributed by atoms with Crippen LogP contribution in [0.5, 0.6) is 28.7 Å². The largest absolute Gasteiger partial charge is 0.497 e. The molecule has 0 aromatic heterocycles. The molecule has 0 radical (unpaired) electrons. The first-order chi connectivity index (χ1) is 27.6.